The molecule has 0 aromatic rings. The zero-order chi connectivity index (χ0) is 19.0. The van der Waals surface area contributed by atoms with E-state index in [1.807, 2.05) is 0 Å². The molecule has 0 aliphatic carbocycles. The molecule has 3 unspecified atom stereocenters. The van der Waals surface area contributed by atoms with Crippen LogP contribution in [0.25, 0.3) is 0 Å². The monoisotopic (exact) mass is 350 g/mol. The molecule has 0 spiro atoms. The number of esters is 2. The summed E-state index contributed by atoms with van der Waals surface area (Å²) in [6, 6.07) is 0. The highest BCUT2D eigenvalue weighted by molar-refractivity contribution is 5.80. The Balaban J connectivity index is 4.85. The second kappa shape index (κ2) is 9.93. The van der Waals surface area contributed by atoms with Crippen molar-refractivity contribution >= 4 is 11.9 Å². The van der Waals surface area contributed by atoms with Crippen molar-refractivity contribution in [1.82, 2.24) is 0 Å². The fraction of sp³-hybridized carbons (Fsp3) is 0.875. The first kappa shape index (κ1) is 22.8. The number of ether oxygens (including phenoxy) is 2. The summed E-state index contributed by atoms with van der Waals surface area (Å²) in [5.41, 5.74) is -2.00. The highest BCUT2D eigenvalue weighted by Crippen LogP contribution is 2.38. The van der Waals surface area contributed by atoms with Gasteiger partial charge in [0.1, 0.15) is 25.4 Å². The largest absolute Gasteiger partial charge is 0.462 e. The quantitative estimate of drug-likeness (QED) is 0.370. The van der Waals surface area contributed by atoms with Gasteiger partial charge < -0.3 is 29.9 Å². The predicted octanol–water partition coefficient (Wildman–Crippen LogP) is -0.388. The summed E-state index contributed by atoms with van der Waals surface area (Å²) in [7, 11) is 0. The van der Waals surface area contributed by atoms with Crippen molar-refractivity contribution in [2.45, 2.75) is 52.7 Å². The fourth-order valence-corrected chi connectivity index (χ4v) is 2.21. The van der Waals surface area contributed by atoms with Crippen LogP contribution in [-0.2, 0) is 19.1 Å². The SMILES string of the molecule is CCC(C)(CC(C)(C)C(=O)OCC(O)CO)C(=O)OCC(O)CO. The van der Waals surface area contributed by atoms with Crippen molar-refractivity contribution in [3.05, 3.63) is 0 Å². The molecule has 24 heavy (non-hydrogen) atoms. The minimum absolute atomic E-state index is 0.138. The maximum absolute atomic E-state index is 12.3. The number of rotatable bonds is 11. The lowest BCUT2D eigenvalue weighted by molar-refractivity contribution is -0.166. The van der Waals surface area contributed by atoms with E-state index in [2.05, 4.69) is 0 Å². The van der Waals surface area contributed by atoms with Crippen LogP contribution in [0, 0.1) is 10.8 Å². The van der Waals surface area contributed by atoms with Crippen LogP contribution >= 0.6 is 0 Å². The standard InChI is InChI=1S/C16H30O8/c1-5-16(4,14(22)24-9-12(20)7-18)10-15(2,3)13(21)23-8-11(19)6-17/h11-12,17-20H,5-10H2,1-4H3. The van der Waals surface area contributed by atoms with E-state index in [1.54, 1.807) is 27.7 Å². The summed E-state index contributed by atoms with van der Waals surface area (Å²) in [4.78, 5) is 24.5. The third-order valence-corrected chi connectivity index (χ3v) is 3.89. The molecule has 8 heteroatoms. The Morgan fingerprint density at radius 1 is 0.917 bits per heavy atom. The molecule has 0 radical (unpaired) electrons. The van der Waals surface area contributed by atoms with Gasteiger partial charge in [-0.25, -0.2) is 0 Å². The van der Waals surface area contributed by atoms with E-state index in [9.17, 15) is 19.8 Å². The Kier molecular flexibility index (Phi) is 9.42. The van der Waals surface area contributed by atoms with Gasteiger partial charge in [-0.15, -0.1) is 0 Å². The number of aliphatic hydroxyl groups excluding tert-OH is 4. The van der Waals surface area contributed by atoms with Gasteiger partial charge in [0.25, 0.3) is 0 Å². The molecule has 8 nitrogen and oxygen atoms in total. The van der Waals surface area contributed by atoms with Gasteiger partial charge in [-0.2, -0.15) is 0 Å². The van der Waals surface area contributed by atoms with Crippen LogP contribution in [0.1, 0.15) is 40.5 Å². The van der Waals surface area contributed by atoms with Crippen LogP contribution in [0.4, 0.5) is 0 Å². The maximum atomic E-state index is 12.3. The van der Waals surface area contributed by atoms with Gasteiger partial charge in [0, 0.05) is 0 Å². The lowest BCUT2D eigenvalue weighted by Gasteiger charge is -2.34. The van der Waals surface area contributed by atoms with Crippen molar-refractivity contribution in [3.8, 4) is 0 Å². The van der Waals surface area contributed by atoms with Crippen molar-refractivity contribution in [2.24, 2.45) is 10.8 Å². The Morgan fingerprint density at radius 2 is 1.33 bits per heavy atom. The first-order valence-corrected chi connectivity index (χ1v) is 7.94. The third kappa shape index (κ3) is 7.12. The molecule has 142 valence electrons. The third-order valence-electron chi connectivity index (χ3n) is 3.89. The number of hydrogen-bond donors (Lipinski definition) is 4. The molecule has 0 aliphatic heterocycles. The van der Waals surface area contributed by atoms with Crippen LogP contribution in [0.2, 0.25) is 0 Å². The van der Waals surface area contributed by atoms with E-state index in [1.165, 1.54) is 0 Å². The normalized spacial score (nSPS) is 16.8. The first-order chi connectivity index (χ1) is 11.0. The smallest absolute Gasteiger partial charge is 0.311 e. The second-order valence-electron chi connectivity index (χ2n) is 6.84. The van der Waals surface area contributed by atoms with Crippen LogP contribution < -0.4 is 0 Å². The van der Waals surface area contributed by atoms with Gasteiger partial charge in [-0.3, -0.25) is 9.59 Å². The lowest BCUT2D eigenvalue weighted by Crippen LogP contribution is -2.40. The highest BCUT2D eigenvalue weighted by Gasteiger charge is 2.43. The fourth-order valence-electron chi connectivity index (χ4n) is 2.21. The van der Waals surface area contributed by atoms with E-state index in [4.69, 9.17) is 19.7 Å². The van der Waals surface area contributed by atoms with Gasteiger partial charge in [0.15, 0.2) is 0 Å². The molecule has 3 atom stereocenters. The van der Waals surface area contributed by atoms with Crippen molar-refractivity contribution in [2.75, 3.05) is 26.4 Å². The van der Waals surface area contributed by atoms with E-state index in [0.717, 1.165) is 0 Å². The van der Waals surface area contributed by atoms with E-state index >= 15 is 0 Å². The molecule has 0 aliphatic rings. The molecule has 0 aromatic carbocycles. The average Bonchev–Trinajstić information content (AvgIpc) is 2.55. The summed E-state index contributed by atoms with van der Waals surface area (Å²) in [5, 5.41) is 36.0. The minimum Gasteiger partial charge on any atom is -0.462 e. The summed E-state index contributed by atoms with van der Waals surface area (Å²) in [6.07, 6.45) is -1.75. The first-order valence-electron chi connectivity index (χ1n) is 7.94. The molecule has 0 rings (SSSR count). The molecule has 0 heterocycles. The van der Waals surface area contributed by atoms with Gasteiger partial charge in [0.2, 0.25) is 0 Å². The highest BCUT2D eigenvalue weighted by atomic mass is 16.5. The van der Waals surface area contributed by atoms with Crippen molar-refractivity contribution in [3.63, 3.8) is 0 Å². The van der Waals surface area contributed by atoms with Crippen LogP contribution in [-0.4, -0.2) is 71.0 Å². The summed E-state index contributed by atoms with van der Waals surface area (Å²) in [5.74, 6) is -1.17. The molecule has 0 saturated heterocycles. The maximum Gasteiger partial charge on any atom is 0.311 e. The zero-order valence-electron chi connectivity index (χ0n) is 14.8. The Bertz CT molecular complexity index is 409. The van der Waals surface area contributed by atoms with Gasteiger partial charge in [-0.05, 0) is 33.6 Å². The van der Waals surface area contributed by atoms with E-state index < -0.39 is 48.2 Å². The molecule has 4 N–H and O–H groups in total. The van der Waals surface area contributed by atoms with Crippen LogP contribution in [0.15, 0.2) is 0 Å². The van der Waals surface area contributed by atoms with Crippen LogP contribution in [0.5, 0.6) is 0 Å². The van der Waals surface area contributed by atoms with Gasteiger partial charge >= 0.3 is 11.9 Å². The number of carbonyl (C=O) groups excluding carboxylic acids is 2. The number of aliphatic hydroxyl groups is 4. The van der Waals surface area contributed by atoms with E-state index in [0.29, 0.717) is 6.42 Å². The lowest BCUT2D eigenvalue weighted by atomic mass is 9.72. The topological polar surface area (TPSA) is 134 Å². The Morgan fingerprint density at radius 3 is 1.71 bits per heavy atom. The number of carbonyl (C=O) groups is 2. The molecule has 0 fully saturated rings. The van der Waals surface area contributed by atoms with Crippen molar-refractivity contribution < 1.29 is 39.5 Å². The van der Waals surface area contributed by atoms with E-state index in [-0.39, 0.29) is 19.6 Å². The number of hydrogen-bond acceptors (Lipinski definition) is 8. The molecular weight excluding hydrogens is 320 g/mol. The minimum atomic E-state index is -1.15. The zero-order valence-corrected chi connectivity index (χ0v) is 14.8. The summed E-state index contributed by atoms with van der Waals surface area (Å²) in [6.45, 7) is 4.99. The Labute approximate surface area is 142 Å². The predicted molar refractivity (Wildman–Crippen MR) is 84.9 cm³/mol. The van der Waals surface area contributed by atoms with Gasteiger partial charge in [0.05, 0.1) is 24.0 Å². The second-order valence-corrected chi connectivity index (χ2v) is 6.84. The van der Waals surface area contributed by atoms with Crippen LogP contribution in [0.3, 0.4) is 0 Å². The van der Waals surface area contributed by atoms with Gasteiger partial charge in [-0.1, -0.05) is 6.92 Å². The Hall–Kier alpha value is -1.22. The summed E-state index contributed by atoms with van der Waals surface area (Å²) >= 11 is 0. The average molecular weight is 350 g/mol. The summed E-state index contributed by atoms with van der Waals surface area (Å²) < 4.78 is 9.99. The molecule has 0 amide bonds. The molecular formula is C16H30O8. The molecule has 0 bridgehead atoms. The molecule has 0 aromatic heterocycles. The molecule has 0 saturated carbocycles. The van der Waals surface area contributed by atoms with Crippen molar-refractivity contribution in [1.29, 1.82) is 0 Å².